The summed E-state index contributed by atoms with van der Waals surface area (Å²) in [6.07, 6.45) is 5.29. The molecular weight excluding hydrogens is 513 g/mol. The summed E-state index contributed by atoms with van der Waals surface area (Å²) in [5.41, 5.74) is 18.4. The SMILES string of the molecule is Nc1nc(N2CCC3(CC2)CO[C@@H](I)C3N)cnc1Sc1ccnc(N)c1Cl. The van der Waals surface area contributed by atoms with Gasteiger partial charge in [-0.1, -0.05) is 23.4 Å². The summed E-state index contributed by atoms with van der Waals surface area (Å²) in [6.45, 7) is 2.44. The Balaban J connectivity index is 1.46. The average Bonchev–Trinajstić information content (AvgIpc) is 2.96. The van der Waals surface area contributed by atoms with Gasteiger partial charge in [-0.05, 0) is 41.5 Å². The van der Waals surface area contributed by atoms with Gasteiger partial charge in [0.05, 0.1) is 17.8 Å². The molecule has 8 nitrogen and oxygen atoms in total. The van der Waals surface area contributed by atoms with Crippen LogP contribution in [0.25, 0.3) is 0 Å². The Kier molecular flexibility index (Phi) is 5.76. The van der Waals surface area contributed by atoms with Gasteiger partial charge in [-0.3, -0.25) is 0 Å². The van der Waals surface area contributed by atoms with E-state index in [1.165, 1.54) is 11.8 Å². The lowest BCUT2D eigenvalue weighted by atomic mass is 9.75. The number of nitrogen functional groups attached to an aromatic ring is 2. The van der Waals surface area contributed by atoms with Gasteiger partial charge in [-0.25, -0.2) is 15.0 Å². The highest BCUT2D eigenvalue weighted by Gasteiger charge is 2.48. The lowest BCUT2D eigenvalue weighted by Crippen LogP contribution is -2.50. The fraction of sp³-hybridized carbons (Fsp3) is 0.471. The summed E-state index contributed by atoms with van der Waals surface area (Å²) in [5.74, 6) is 1.41. The van der Waals surface area contributed by atoms with Crippen molar-refractivity contribution >= 4 is 63.4 Å². The van der Waals surface area contributed by atoms with E-state index < -0.39 is 0 Å². The summed E-state index contributed by atoms with van der Waals surface area (Å²) >= 11 is 9.81. The maximum Gasteiger partial charge on any atom is 0.158 e. The Morgan fingerprint density at radius 2 is 2.00 bits per heavy atom. The predicted octanol–water partition coefficient (Wildman–Crippen LogP) is 2.55. The van der Waals surface area contributed by atoms with Crippen LogP contribution in [-0.4, -0.2) is 44.8 Å². The molecule has 2 aliphatic rings. The number of ether oxygens (including phenoxy) is 1. The van der Waals surface area contributed by atoms with Crippen LogP contribution in [0.4, 0.5) is 17.5 Å². The first-order valence-corrected chi connectivity index (χ1v) is 11.3. The quantitative estimate of drug-likeness (QED) is 0.402. The zero-order chi connectivity index (χ0) is 19.9. The predicted molar refractivity (Wildman–Crippen MR) is 120 cm³/mol. The van der Waals surface area contributed by atoms with E-state index >= 15 is 0 Å². The zero-order valence-corrected chi connectivity index (χ0v) is 18.7. The topological polar surface area (TPSA) is 129 Å². The highest BCUT2D eigenvalue weighted by molar-refractivity contribution is 14.1. The number of pyridine rings is 1. The minimum atomic E-state index is 0.0646. The molecule has 2 fully saturated rings. The van der Waals surface area contributed by atoms with Crippen LogP contribution in [-0.2, 0) is 4.74 Å². The van der Waals surface area contributed by atoms with Crippen molar-refractivity contribution in [3.05, 3.63) is 23.5 Å². The Hall–Kier alpha value is -1.08. The van der Waals surface area contributed by atoms with Crippen LogP contribution >= 0.6 is 46.0 Å². The second-order valence-electron chi connectivity index (χ2n) is 7.07. The molecule has 0 aromatic carbocycles. The summed E-state index contributed by atoms with van der Waals surface area (Å²) in [4.78, 5) is 16.0. The minimum absolute atomic E-state index is 0.0646. The Morgan fingerprint density at radius 3 is 2.64 bits per heavy atom. The average molecular weight is 534 g/mol. The van der Waals surface area contributed by atoms with Crippen LogP contribution in [0.1, 0.15) is 12.8 Å². The highest BCUT2D eigenvalue weighted by Crippen LogP contribution is 2.43. The van der Waals surface area contributed by atoms with Crippen LogP contribution in [0.15, 0.2) is 28.4 Å². The second-order valence-corrected chi connectivity index (χ2v) is 9.70. The molecule has 0 bridgehead atoms. The maximum atomic E-state index is 6.39. The molecule has 2 atom stereocenters. The summed E-state index contributed by atoms with van der Waals surface area (Å²) in [7, 11) is 0. The number of rotatable bonds is 3. The molecule has 6 N–H and O–H groups in total. The van der Waals surface area contributed by atoms with Crippen molar-refractivity contribution in [1.82, 2.24) is 15.0 Å². The minimum Gasteiger partial charge on any atom is -0.382 e. The molecule has 4 heterocycles. The van der Waals surface area contributed by atoms with Gasteiger partial charge in [-0.15, -0.1) is 0 Å². The largest absolute Gasteiger partial charge is 0.382 e. The monoisotopic (exact) mass is 533 g/mol. The number of aromatic nitrogens is 3. The Bertz CT molecular complexity index is 881. The van der Waals surface area contributed by atoms with E-state index in [1.807, 2.05) is 0 Å². The van der Waals surface area contributed by atoms with Crippen LogP contribution in [0.3, 0.4) is 0 Å². The van der Waals surface area contributed by atoms with Crippen LogP contribution in [0.5, 0.6) is 0 Å². The smallest absolute Gasteiger partial charge is 0.158 e. The van der Waals surface area contributed by atoms with E-state index in [-0.39, 0.29) is 21.4 Å². The molecule has 11 heteroatoms. The molecular formula is C17H21ClIN7OS. The second kappa shape index (κ2) is 7.98. The first kappa shape index (κ1) is 20.2. The lowest BCUT2D eigenvalue weighted by Gasteiger charge is -2.41. The van der Waals surface area contributed by atoms with Crippen molar-refractivity contribution in [2.75, 3.05) is 36.1 Å². The van der Waals surface area contributed by atoms with Gasteiger partial charge in [0, 0.05) is 35.6 Å². The molecule has 2 aromatic heterocycles. The number of hydrogen-bond donors (Lipinski definition) is 3. The summed E-state index contributed by atoms with van der Waals surface area (Å²) < 4.78 is 5.86. The van der Waals surface area contributed by atoms with Crippen LogP contribution in [0.2, 0.25) is 5.02 Å². The van der Waals surface area contributed by atoms with Gasteiger partial charge in [0.25, 0.3) is 0 Å². The zero-order valence-electron chi connectivity index (χ0n) is 15.0. The summed E-state index contributed by atoms with van der Waals surface area (Å²) in [6, 6.07) is 1.85. The third-order valence-electron chi connectivity index (χ3n) is 5.44. The standard InChI is InChI=1S/C17H21ClIN7OS/c18-11-9(1-4-23-14(11)21)28-16-15(22)25-10(7-24-16)26-5-2-17(3-6-26)8-27-13(19)12(17)20/h1,4,7,12-13H,2-3,5-6,8,20H2,(H2,21,23)(H2,22,25)/t12?,13-/m1/s1. The molecule has 150 valence electrons. The van der Waals surface area contributed by atoms with E-state index in [4.69, 9.17) is 33.5 Å². The molecule has 0 amide bonds. The molecule has 0 saturated carbocycles. The van der Waals surface area contributed by atoms with Crippen molar-refractivity contribution in [3.63, 3.8) is 0 Å². The first-order chi connectivity index (χ1) is 13.4. The van der Waals surface area contributed by atoms with Gasteiger partial charge < -0.3 is 26.8 Å². The van der Waals surface area contributed by atoms with Gasteiger partial charge >= 0.3 is 0 Å². The maximum absolute atomic E-state index is 6.39. The third-order valence-corrected chi connectivity index (χ3v) is 8.15. The van der Waals surface area contributed by atoms with Crippen LogP contribution in [0, 0.1) is 5.41 Å². The molecule has 28 heavy (non-hydrogen) atoms. The third kappa shape index (κ3) is 3.72. The highest BCUT2D eigenvalue weighted by atomic mass is 127. The number of piperidine rings is 1. The molecule has 4 rings (SSSR count). The number of halogens is 2. The van der Waals surface area contributed by atoms with E-state index in [2.05, 4.69) is 42.4 Å². The normalized spacial score (nSPS) is 24.0. The van der Waals surface area contributed by atoms with Gasteiger partial charge in [0.2, 0.25) is 0 Å². The molecule has 2 aliphatic heterocycles. The molecule has 0 radical (unpaired) electrons. The molecule has 1 unspecified atom stereocenters. The van der Waals surface area contributed by atoms with Gasteiger partial charge in [0.1, 0.15) is 20.8 Å². The number of hydrogen-bond acceptors (Lipinski definition) is 9. The Morgan fingerprint density at radius 1 is 1.25 bits per heavy atom. The number of nitrogens with zero attached hydrogens (tertiary/aromatic N) is 4. The van der Waals surface area contributed by atoms with Crippen molar-refractivity contribution in [2.45, 2.75) is 32.9 Å². The van der Waals surface area contributed by atoms with Crippen molar-refractivity contribution in [2.24, 2.45) is 11.1 Å². The first-order valence-electron chi connectivity index (χ1n) is 8.86. The molecule has 2 aromatic rings. The Labute approximate surface area is 186 Å². The van der Waals surface area contributed by atoms with Crippen molar-refractivity contribution < 1.29 is 4.74 Å². The van der Waals surface area contributed by atoms with E-state index in [0.29, 0.717) is 15.9 Å². The van der Waals surface area contributed by atoms with Crippen molar-refractivity contribution in [3.8, 4) is 0 Å². The number of nitrogens with two attached hydrogens (primary N) is 3. The fourth-order valence-corrected chi connectivity index (χ4v) is 5.58. The van der Waals surface area contributed by atoms with Crippen LogP contribution < -0.4 is 22.1 Å². The summed E-state index contributed by atoms with van der Waals surface area (Å²) in [5, 5.41) is 0.978. The van der Waals surface area contributed by atoms with Gasteiger partial charge in [-0.2, -0.15) is 0 Å². The molecule has 0 aliphatic carbocycles. The van der Waals surface area contributed by atoms with Crippen molar-refractivity contribution in [1.29, 1.82) is 0 Å². The fourth-order valence-electron chi connectivity index (χ4n) is 3.62. The van der Waals surface area contributed by atoms with Gasteiger partial charge in [0.15, 0.2) is 5.82 Å². The van der Waals surface area contributed by atoms with E-state index in [0.717, 1.165) is 43.3 Å². The van der Waals surface area contributed by atoms with E-state index in [9.17, 15) is 0 Å². The lowest BCUT2D eigenvalue weighted by molar-refractivity contribution is 0.127. The number of alkyl halides is 1. The van der Waals surface area contributed by atoms with E-state index in [1.54, 1.807) is 18.5 Å². The molecule has 2 saturated heterocycles. The number of anilines is 3. The molecule has 1 spiro atoms.